The number of hydrogen-bond donors (Lipinski definition) is 3. The number of aromatic hydroxyl groups is 1. The molecule has 2 aromatic rings. The Kier molecular flexibility index (Phi) is 6.72. The Morgan fingerprint density at radius 2 is 2.04 bits per heavy atom. The number of carbonyl (C=O) groups is 1. The monoisotopic (exact) mass is 436 g/mol. The summed E-state index contributed by atoms with van der Waals surface area (Å²) in [5.41, 5.74) is 2.66. The number of phenolic OH excluding ortho intramolecular Hbond substituents is 1. The lowest BCUT2D eigenvalue weighted by Crippen LogP contribution is -2.34. The van der Waals surface area contributed by atoms with Gasteiger partial charge in [-0.15, -0.1) is 0 Å². The maximum atomic E-state index is 12.1. The van der Waals surface area contributed by atoms with Crippen LogP contribution in [0.25, 0.3) is 0 Å². The summed E-state index contributed by atoms with van der Waals surface area (Å²) in [6, 6.07) is 9.07. The first-order chi connectivity index (χ1) is 12.8. The van der Waals surface area contributed by atoms with Crippen molar-refractivity contribution in [2.45, 2.75) is 13.0 Å². The first kappa shape index (κ1) is 20.2. The maximum absolute atomic E-state index is 12.1. The molecule has 27 heavy (non-hydrogen) atoms. The van der Waals surface area contributed by atoms with Crippen LogP contribution in [0.5, 0.6) is 11.5 Å². The zero-order valence-corrected chi connectivity index (χ0v) is 16.1. The number of rotatable bonds is 7. The van der Waals surface area contributed by atoms with E-state index in [0.29, 0.717) is 10.2 Å². The molecule has 0 bridgehead atoms. The van der Waals surface area contributed by atoms with Gasteiger partial charge < -0.3 is 15.2 Å². The van der Waals surface area contributed by atoms with Crippen molar-refractivity contribution in [3.05, 3.63) is 56.5 Å². The molecule has 0 aliphatic heterocycles. The number of benzene rings is 2. The van der Waals surface area contributed by atoms with E-state index in [1.165, 1.54) is 12.1 Å². The summed E-state index contributed by atoms with van der Waals surface area (Å²) in [5, 5.41) is 27.6. The number of hydrazone groups is 1. The highest BCUT2D eigenvalue weighted by atomic mass is 79.9. The average Bonchev–Trinajstić information content (AvgIpc) is 2.64. The van der Waals surface area contributed by atoms with Crippen LogP contribution < -0.4 is 15.5 Å². The Labute approximate surface area is 163 Å². The van der Waals surface area contributed by atoms with Crippen LogP contribution in [0.4, 0.5) is 11.4 Å². The first-order valence-electron chi connectivity index (χ1n) is 7.72. The molecule has 9 nitrogen and oxygen atoms in total. The third-order valence-electron chi connectivity index (χ3n) is 3.53. The first-order valence-corrected chi connectivity index (χ1v) is 8.51. The molecule has 2 rings (SSSR count). The van der Waals surface area contributed by atoms with E-state index in [1.807, 2.05) is 0 Å². The molecule has 0 aliphatic carbocycles. The van der Waals surface area contributed by atoms with Crippen molar-refractivity contribution in [2.75, 3.05) is 12.4 Å². The number of hydrogen-bond acceptors (Lipinski definition) is 7. The molecule has 0 saturated carbocycles. The molecule has 2 aromatic carbocycles. The molecule has 10 heteroatoms. The SMILES string of the molecule is COc1ccc(N[C@@H](C)C(=O)N/N=C\c2cc(Br)cc([N+](=O)[O-])c2O)cc1. The van der Waals surface area contributed by atoms with Crippen molar-refractivity contribution in [3.8, 4) is 11.5 Å². The summed E-state index contributed by atoms with van der Waals surface area (Å²) in [7, 11) is 1.56. The van der Waals surface area contributed by atoms with Gasteiger partial charge in [0.25, 0.3) is 5.91 Å². The second-order valence-electron chi connectivity index (χ2n) is 5.45. The summed E-state index contributed by atoms with van der Waals surface area (Å²) in [6.45, 7) is 1.65. The van der Waals surface area contributed by atoms with Crippen LogP contribution in [-0.4, -0.2) is 35.3 Å². The van der Waals surface area contributed by atoms with E-state index in [-0.39, 0.29) is 5.56 Å². The van der Waals surface area contributed by atoms with Gasteiger partial charge in [0.05, 0.1) is 18.2 Å². The minimum Gasteiger partial charge on any atom is -0.502 e. The number of nitrogens with zero attached hydrogens (tertiary/aromatic N) is 2. The summed E-state index contributed by atoms with van der Waals surface area (Å²) < 4.78 is 5.46. The Hall–Kier alpha value is -3.14. The maximum Gasteiger partial charge on any atom is 0.312 e. The van der Waals surface area contributed by atoms with Crippen LogP contribution >= 0.6 is 15.9 Å². The fourth-order valence-corrected chi connectivity index (χ4v) is 2.57. The quantitative estimate of drug-likeness (QED) is 0.347. The van der Waals surface area contributed by atoms with E-state index in [4.69, 9.17) is 4.74 Å². The van der Waals surface area contributed by atoms with Crippen LogP contribution in [0, 0.1) is 10.1 Å². The molecule has 1 atom stereocenters. The smallest absolute Gasteiger partial charge is 0.312 e. The van der Waals surface area contributed by atoms with Crippen molar-refractivity contribution in [3.63, 3.8) is 0 Å². The highest BCUT2D eigenvalue weighted by Gasteiger charge is 2.18. The van der Waals surface area contributed by atoms with Gasteiger partial charge in [0.2, 0.25) is 5.75 Å². The molecule has 0 aromatic heterocycles. The Morgan fingerprint density at radius 3 is 2.63 bits per heavy atom. The van der Waals surface area contributed by atoms with E-state index in [1.54, 1.807) is 38.3 Å². The van der Waals surface area contributed by atoms with Crippen molar-refractivity contribution in [1.29, 1.82) is 0 Å². The van der Waals surface area contributed by atoms with Gasteiger partial charge in [0.1, 0.15) is 11.8 Å². The number of carbonyl (C=O) groups excluding carboxylic acids is 1. The summed E-state index contributed by atoms with van der Waals surface area (Å²) in [4.78, 5) is 22.3. The summed E-state index contributed by atoms with van der Waals surface area (Å²) >= 11 is 3.12. The van der Waals surface area contributed by atoms with Crippen LogP contribution in [0.2, 0.25) is 0 Å². The molecule has 142 valence electrons. The van der Waals surface area contributed by atoms with Crippen molar-refractivity contribution in [2.24, 2.45) is 5.10 Å². The third kappa shape index (κ3) is 5.42. The van der Waals surface area contributed by atoms with E-state index in [0.717, 1.165) is 11.9 Å². The summed E-state index contributed by atoms with van der Waals surface area (Å²) in [5.74, 6) is -0.262. The number of anilines is 1. The van der Waals surface area contributed by atoms with E-state index >= 15 is 0 Å². The van der Waals surface area contributed by atoms with Crippen LogP contribution in [0.15, 0.2) is 46.0 Å². The van der Waals surface area contributed by atoms with E-state index in [9.17, 15) is 20.0 Å². The molecule has 0 unspecified atom stereocenters. The molecule has 0 saturated heterocycles. The van der Waals surface area contributed by atoms with Crippen molar-refractivity contribution in [1.82, 2.24) is 5.43 Å². The van der Waals surface area contributed by atoms with Crippen LogP contribution in [-0.2, 0) is 4.79 Å². The molecular weight excluding hydrogens is 420 g/mol. The topological polar surface area (TPSA) is 126 Å². The van der Waals surface area contributed by atoms with E-state index < -0.39 is 28.3 Å². The minimum atomic E-state index is -0.711. The number of ether oxygens (including phenoxy) is 1. The van der Waals surface area contributed by atoms with Gasteiger partial charge in [-0.25, -0.2) is 5.43 Å². The van der Waals surface area contributed by atoms with Crippen LogP contribution in [0.1, 0.15) is 12.5 Å². The minimum absolute atomic E-state index is 0.0899. The standard InChI is InChI=1S/C17H17BrN4O5/c1-10(20-13-3-5-14(27-2)6-4-13)17(24)21-19-9-11-7-12(18)8-15(16(11)23)22(25)26/h3-10,20,23H,1-2H3,(H,21,24)/b19-9-/t10-/m0/s1. The zero-order valence-electron chi connectivity index (χ0n) is 14.5. The fourth-order valence-electron chi connectivity index (χ4n) is 2.11. The van der Waals surface area contributed by atoms with Gasteiger partial charge in [-0.1, -0.05) is 15.9 Å². The lowest BCUT2D eigenvalue weighted by atomic mass is 10.2. The third-order valence-corrected chi connectivity index (χ3v) is 3.98. The average molecular weight is 437 g/mol. The van der Waals surface area contributed by atoms with Gasteiger partial charge in [-0.3, -0.25) is 14.9 Å². The second-order valence-corrected chi connectivity index (χ2v) is 6.36. The van der Waals surface area contributed by atoms with Gasteiger partial charge in [-0.2, -0.15) is 5.10 Å². The van der Waals surface area contributed by atoms with Gasteiger partial charge in [-0.05, 0) is 37.3 Å². The predicted octanol–water partition coefficient (Wildman–Crippen LogP) is 3.02. The van der Waals surface area contributed by atoms with Crippen molar-refractivity contribution >= 4 is 39.4 Å². The number of nitro groups is 1. The molecule has 0 radical (unpaired) electrons. The molecule has 1 amide bonds. The molecule has 0 fully saturated rings. The number of amides is 1. The lowest BCUT2D eigenvalue weighted by molar-refractivity contribution is -0.385. The molecular formula is C17H17BrN4O5. The fraction of sp³-hybridized carbons (Fsp3) is 0.176. The molecule has 0 aliphatic rings. The largest absolute Gasteiger partial charge is 0.502 e. The lowest BCUT2D eigenvalue weighted by Gasteiger charge is -2.13. The van der Waals surface area contributed by atoms with Gasteiger partial charge in [0.15, 0.2) is 0 Å². The Balaban J connectivity index is 2.00. The van der Waals surface area contributed by atoms with Crippen LogP contribution in [0.3, 0.4) is 0 Å². The molecule has 3 N–H and O–H groups in total. The number of phenols is 1. The number of halogens is 1. The van der Waals surface area contributed by atoms with Gasteiger partial charge in [0, 0.05) is 21.8 Å². The number of nitrogens with one attached hydrogen (secondary N) is 2. The Bertz CT molecular complexity index is 870. The number of methoxy groups -OCH3 is 1. The second kappa shape index (κ2) is 8.99. The number of nitro benzene ring substituents is 1. The van der Waals surface area contributed by atoms with Crippen molar-refractivity contribution < 1.29 is 19.6 Å². The highest BCUT2D eigenvalue weighted by molar-refractivity contribution is 9.10. The molecule has 0 heterocycles. The van der Waals surface area contributed by atoms with Gasteiger partial charge >= 0.3 is 5.69 Å². The normalized spacial score (nSPS) is 11.8. The molecule has 0 spiro atoms. The van der Waals surface area contributed by atoms with E-state index in [2.05, 4.69) is 31.8 Å². The zero-order chi connectivity index (χ0) is 20.0. The summed E-state index contributed by atoms with van der Waals surface area (Å²) in [6.07, 6.45) is 1.13. The Morgan fingerprint density at radius 1 is 1.37 bits per heavy atom. The highest BCUT2D eigenvalue weighted by Crippen LogP contribution is 2.32. The predicted molar refractivity (Wildman–Crippen MR) is 104 cm³/mol.